The highest BCUT2D eigenvalue weighted by atomic mass is 35.5. The number of hydrogen-bond donors (Lipinski definition) is 0. The number of alkyl halides is 1. The van der Waals surface area contributed by atoms with Crippen molar-refractivity contribution in [3.05, 3.63) is 24.3 Å². The van der Waals surface area contributed by atoms with Crippen LogP contribution in [0.25, 0.3) is 0 Å². The molecule has 0 saturated heterocycles. The lowest BCUT2D eigenvalue weighted by atomic mass is 10.3. The fraction of sp³-hybridized carbons (Fsp3) is 0.500. The summed E-state index contributed by atoms with van der Waals surface area (Å²) in [6.45, 7) is 4.05. The van der Waals surface area contributed by atoms with Gasteiger partial charge in [0.05, 0.1) is 5.38 Å². The van der Waals surface area contributed by atoms with E-state index >= 15 is 0 Å². The van der Waals surface area contributed by atoms with E-state index in [1.54, 1.807) is 0 Å². The van der Waals surface area contributed by atoms with Gasteiger partial charge in [-0.05, 0) is 13.3 Å². The van der Waals surface area contributed by atoms with Crippen LogP contribution in [0.2, 0.25) is 0 Å². The molecule has 0 aliphatic rings. The SMILES string of the molecule is C/C=C/C=C/C(Cl)CC. The van der Waals surface area contributed by atoms with E-state index in [-0.39, 0.29) is 5.38 Å². The number of allylic oxidation sites excluding steroid dienone is 4. The summed E-state index contributed by atoms with van der Waals surface area (Å²) < 4.78 is 0. The summed E-state index contributed by atoms with van der Waals surface area (Å²) in [6, 6.07) is 0. The van der Waals surface area contributed by atoms with Crippen molar-refractivity contribution in [1.29, 1.82) is 0 Å². The third kappa shape index (κ3) is 5.64. The van der Waals surface area contributed by atoms with E-state index in [9.17, 15) is 0 Å². The van der Waals surface area contributed by atoms with E-state index in [0.717, 1.165) is 6.42 Å². The Morgan fingerprint density at radius 2 is 2.11 bits per heavy atom. The van der Waals surface area contributed by atoms with Crippen LogP contribution in [0, 0.1) is 0 Å². The third-order valence-electron chi connectivity index (χ3n) is 1.01. The lowest BCUT2D eigenvalue weighted by Crippen LogP contribution is -1.86. The average molecular weight is 145 g/mol. The highest BCUT2D eigenvalue weighted by Crippen LogP contribution is 2.01. The summed E-state index contributed by atoms with van der Waals surface area (Å²) in [4.78, 5) is 0. The van der Waals surface area contributed by atoms with Crippen LogP contribution in [0.15, 0.2) is 24.3 Å². The van der Waals surface area contributed by atoms with Gasteiger partial charge in [0, 0.05) is 0 Å². The Bertz CT molecular complexity index is 103. The average Bonchev–Trinajstić information content (AvgIpc) is 1.89. The molecule has 9 heavy (non-hydrogen) atoms. The van der Waals surface area contributed by atoms with Crippen molar-refractivity contribution in [1.82, 2.24) is 0 Å². The molecule has 1 heteroatoms. The second-order valence-electron chi connectivity index (χ2n) is 1.83. The van der Waals surface area contributed by atoms with Crippen LogP contribution >= 0.6 is 11.6 Å². The molecule has 0 N–H and O–H groups in total. The van der Waals surface area contributed by atoms with E-state index < -0.39 is 0 Å². The Hall–Kier alpha value is -0.230. The summed E-state index contributed by atoms with van der Waals surface area (Å²) in [7, 11) is 0. The normalized spacial score (nSPS) is 15.4. The van der Waals surface area contributed by atoms with Gasteiger partial charge in [-0.15, -0.1) is 11.6 Å². The quantitative estimate of drug-likeness (QED) is 0.422. The molecule has 0 radical (unpaired) electrons. The first-order valence-corrected chi connectivity index (χ1v) is 3.68. The van der Waals surface area contributed by atoms with Crippen molar-refractivity contribution >= 4 is 11.6 Å². The fourth-order valence-electron chi connectivity index (χ4n) is 0.432. The predicted molar refractivity (Wildman–Crippen MR) is 43.9 cm³/mol. The van der Waals surface area contributed by atoms with Gasteiger partial charge in [0.1, 0.15) is 0 Å². The minimum atomic E-state index is 0.196. The zero-order chi connectivity index (χ0) is 7.11. The largest absolute Gasteiger partial charge is 0.118 e. The lowest BCUT2D eigenvalue weighted by molar-refractivity contribution is 0.967. The van der Waals surface area contributed by atoms with Crippen molar-refractivity contribution in [2.45, 2.75) is 25.6 Å². The summed E-state index contributed by atoms with van der Waals surface area (Å²) in [5.74, 6) is 0. The van der Waals surface area contributed by atoms with Gasteiger partial charge in [0.2, 0.25) is 0 Å². The van der Waals surface area contributed by atoms with E-state index in [4.69, 9.17) is 11.6 Å². The Morgan fingerprint density at radius 1 is 1.44 bits per heavy atom. The van der Waals surface area contributed by atoms with Crippen molar-refractivity contribution in [3.8, 4) is 0 Å². The minimum Gasteiger partial charge on any atom is -0.118 e. The van der Waals surface area contributed by atoms with Crippen molar-refractivity contribution in [3.63, 3.8) is 0 Å². The van der Waals surface area contributed by atoms with Gasteiger partial charge < -0.3 is 0 Å². The van der Waals surface area contributed by atoms with Gasteiger partial charge in [-0.1, -0.05) is 31.2 Å². The summed E-state index contributed by atoms with van der Waals surface area (Å²) in [5, 5.41) is 0.196. The highest BCUT2D eigenvalue weighted by molar-refractivity contribution is 6.21. The molecule has 0 aliphatic carbocycles. The molecule has 1 atom stereocenters. The molecular formula is C8H13Cl. The molecule has 0 bridgehead atoms. The summed E-state index contributed by atoms with van der Waals surface area (Å²) in [5.41, 5.74) is 0. The second kappa shape index (κ2) is 5.90. The fourth-order valence-corrected chi connectivity index (χ4v) is 0.516. The van der Waals surface area contributed by atoms with Crippen LogP contribution in [-0.2, 0) is 0 Å². The standard InChI is InChI=1S/C8H13Cl/c1-3-5-6-7-8(9)4-2/h3,5-8H,4H2,1-2H3/b5-3+,7-6+. The maximum Gasteiger partial charge on any atom is 0.0516 e. The third-order valence-corrected chi connectivity index (χ3v) is 1.47. The molecule has 0 saturated carbocycles. The molecule has 0 aromatic carbocycles. The highest BCUT2D eigenvalue weighted by Gasteiger charge is 1.89. The van der Waals surface area contributed by atoms with Crippen LogP contribution in [0.1, 0.15) is 20.3 Å². The van der Waals surface area contributed by atoms with Crippen LogP contribution in [0.5, 0.6) is 0 Å². The maximum absolute atomic E-state index is 5.78. The van der Waals surface area contributed by atoms with E-state index in [1.807, 2.05) is 31.2 Å². The van der Waals surface area contributed by atoms with Crippen LogP contribution < -0.4 is 0 Å². The summed E-state index contributed by atoms with van der Waals surface area (Å²) >= 11 is 5.78. The van der Waals surface area contributed by atoms with E-state index in [1.165, 1.54) is 0 Å². The smallest absolute Gasteiger partial charge is 0.0516 e. The van der Waals surface area contributed by atoms with Gasteiger partial charge in [-0.2, -0.15) is 0 Å². The van der Waals surface area contributed by atoms with E-state index in [2.05, 4.69) is 6.92 Å². The zero-order valence-corrected chi connectivity index (χ0v) is 6.73. The topological polar surface area (TPSA) is 0 Å². The molecule has 0 fully saturated rings. The van der Waals surface area contributed by atoms with E-state index in [0.29, 0.717) is 0 Å². The minimum absolute atomic E-state index is 0.196. The molecule has 0 rings (SSSR count). The van der Waals surface area contributed by atoms with Crippen LogP contribution in [-0.4, -0.2) is 5.38 Å². The first kappa shape index (κ1) is 8.77. The van der Waals surface area contributed by atoms with Crippen molar-refractivity contribution < 1.29 is 0 Å². The first-order chi connectivity index (χ1) is 4.31. The number of halogens is 1. The van der Waals surface area contributed by atoms with Gasteiger partial charge in [-0.25, -0.2) is 0 Å². The molecule has 0 aromatic heterocycles. The van der Waals surface area contributed by atoms with Gasteiger partial charge >= 0.3 is 0 Å². The molecular weight excluding hydrogens is 132 g/mol. The Labute approximate surface area is 62.2 Å². The van der Waals surface area contributed by atoms with Crippen molar-refractivity contribution in [2.24, 2.45) is 0 Å². The lowest BCUT2D eigenvalue weighted by Gasteiger charge is -1.93. The molecule has 0 aromatic rings. The Morgan fingerprint density at radius 3 is 2.56 bits per heavy atom. The molecule has 0 spiro atoms. The molecule has 0 nitrogen and oxygen atoms in total. The van der Waals surface area contributed by atoms with Gasteiger partial charge in [0.25, 0.3) is 0 Å². The maximum atomic E-state index is 5.78. The molecule has 1 unspecified atom stereocenters. The second-order valence-corrected chi connectivity index (χ2v) is 2.40. The Kier molecular flexibility index (Phi) is 5.75. The van der Waals surface area contributed by atoms with Crippen LogP contribution in [0.3, 0.4) is 0 Å². The molecule has 0 amide bonds. The van der Waals surface area contributed by atoms with Crippen LogP contribution in [0.4, 0.5) is 0 Å². The summed E-state index contributed by atoms with van der Waals surface area (Å²) in [6.07, 6.45) is 8.92. The van der Waals surface area contributed by atoms with Gasteiger partial charge in [0.15, 0.2) is 0 Å². The van der Waals surface area contributed by atoms with Crippen molar-refractivity contribution in [2.75, 3.05) is 0 Å². The number of rotatable bonds is 3. The molecule has 0 aliphatic heterocycles. The zero-order valence-electron chi connectivity index (χ0n) is 5.97. The Balaban J connectivity index is 3.43. The molecule has 52 valence electrons. The predicted octanol–water partition coefficient (Wildman–Crippen LogP) is 3.14. The monoisotopic (exact) mass is 144 g/mol. The first-order valence-electron chi connectivity index (χ1n) is 3.24. The van der Waals surface area contributed by atoms with Gasteiger partial charge in [-0.3, -0.25) is 0 Å². The molecule has 0 heterocycles. The number of hydrogen-bond acceptors (Lipinski definition) is 0.